The van der Waals surface area contributed by atoms with Gasteiger partial charge in [-0.25, -0.2) is 4.98 Å². The van der Waals surface area contributed by atoms with Crippen LogP contribution < -0.4 is 16.4 Å². The van der Waals surface area contributed by atoms with Crippen LogP contribution in [0.25, 0.3) is 11.0 Å². The first-order chi connectivity index (χ1) is 9.08. The molecule has 0 unspecified atom stereocenters. The average molecular weight is 279 g/mol. The summed E-state index contributed by atoms with van der Waals surface area (Å²) in [7, 11) is 0. The SMILES string of the molecule is NC(=O)c1nc2[nH]c[c]c2c(N2CC[C@@H](N)C2)c1Cl. The van der Waals surface area contributed by atoms with E-state index in [1.54, 1.807) is 6.20 Å². The maximum absolute atomic E-state index is 11.4. The molecule has 1 saturated heterocycles. The first kappa shape index (κ1) is 12.3. The maximum Gasteiger partial charge on any atom is 0.269 e. The van der Waals surface area contributed by atoms with Crippen LogP contribution in [0.3, 0.4) is 0 Å². The molecule has 1 fully saturated rings. The number of aromatic amines is 1. The number of carbonyl (C=O) groups is 1. The highest BCUT2D eigenvalue weighted by Gasteiger charge is 2.26. The molecule has 99 valence electrons. The van der Waals surface area contributed by atoms with Gasteiger partial charge >= 0.3 is 0 Å². The molecule has 2 aromatic heterocycles. The Morgan fingerprint density at radius 1 is 1.63 bits per heavy atom. The van der Waals surface area contributed by atoms with Crippen molar-refractivity contribution in [1.29, 1.82) is 0 Å². The third-order valence-electron chi connectivity index (χ3n) is 3.31. The molecular formula is C12H13ClN5O. The topological polar surface area (TPSA) is 101 Å². The molecule has 1 aliphatic heterocycles. The molecule has 0 spiro atoms. The van der Waals surface area contributed by atoms with Crippen LogP contribution in [0.2, 0.25) is 5.02 Å². The van der Waals surface area contributed by atoms with E-state index < -0.39 is 5.91 Å². The minimum absolute atomic E-state index is 0.0699. The van der Waals surface area contributed by atoms with Gasteiger partial charge in [0, 0.05) is 31.4 Å². The number of anilines is 1. The van der Waals surface area contributed by atoms with Crippen molar-refractivity contribution in [3.8, 4) is 0 Å². The number of fused-ring (bicyclic) bond motifs is 1. The second-order valence-corrected chi connectivity index (χ2v) is 5.02. The van der Waals surface area contributed by atoms with E-state index in [0.29, 0.717) is 12.2 Å². The lowest BCUT2D eigenvalue weighted by atomic mass is 10.2. The predicted molar refractivity (Wildman–Crippen MR) is 73.3 cm³/mol. The molecular weight excluding hydrogens is 266 g/mol. The second kappa shape index (κ2) is 4.40. The van der Waals surface area contributed by atoms with Crippen LogP contribution in [-0.4, -0.2) is 35.0 Å². The van der Waals surface area contributed by atoms with Gasteiger partial charge < -0.3 is 21.4 Å². The summed E-state index contributed by atoms with van der Waals surface area (Å²) in [6, 6.07) is 3.16. The number of amides is 1. The zero-order valence-corrected chi connectivity index (χ0v) is 10.9. The van der Waals surface area contributed by atoms with Crippen LogP contribution in [0.4, 0.5) is 5.69 Å². The fourth-order valence-corrected chi connectivity index (χ4v) is 2.77. The van der Waals surface area contributed by atoms with Crippen molar-refractivity contribution in [2.45, 2.75) is 12.5 Å². The molecule has 0 aromatic carbocycles. The third-order valence-corrected chi connectivity index (χ3v) is 3.67. The molecule has 1 amide bonds. The van der Waals surface area contributed by atoms with Gasteiger partial charge in [0.25, 0.3) is 5.91 Å². The van der Waals surface area contributed by atoms with E-state index in [0.717, 1.165) is 24.0 Å². The van der Waals surface area contributed by atoms with Crippen molar-refractivity contribution < 1.29 is 4.79 Å². The number of rotatable bonds is 2. The number of nitrogens with zero attached hydrogens (tertiary/aromatic N) is 2. The Morgan fingerprint density at radius 3 is 3.05 bits per heavy atom. The van der Waals surface area contributed by atoms with Gasteiger partial charge in [0.2, 0.25) is 0 Å². The standard InChI is InChI=1S/C12H13ClN5O/c13-8-9(11(15)19)17-12-7(1-3-16-12)10(8)18-4-2-6(14)5-18/h3,6H,2,4-5,14H2,(H2,15,19)(H,16,17)/t6-/m1/s1. The Bertz CT molecular complexity index is 653. The van der Waals surface area contributed by atoms with E-state index in [1.807, 2.05) is 4.90 Å². The summed E-state index contributed by atoms with van der Waals surface area (Å²) in [5.74, 6) is -0.647. The fourth-order valence-electron chi connectivity index (χ4n) is 2.42. The average Bonchev–Trinajstić information content (AvgIpc) is 2.96. The Balaban J connectivity index is 2.23. The molecule has 0 saturated carbocycles. The van der Waals surface area contributed by atoms with Crippen LogP contribution in [0.5, 0.6) is 0 Å². The number of H-pyrrole nitrogens is 1. The fraction of sp³-hybridized carbons (Fsp3) is 0.333. The molecule has 19 heavy (non-hydrogen) atoms. The van der Waals surface area contributed by atoms with Crippen molar-refractivity contribution >= 4 is 34.2 Å². The lowest BCUT2D eigenvalue weighted by Crippen LogP contribution is -2.27. The molecule has 0 bridgehead atoms. The molecule has 0 aliphatic carbocycles. The number of pyridine rings is 1. The molecule has 3 heterocycles. The van der Waals surface area contributed by atoms with Crippen LogP contribution >= 0.6 is 11.6 Å². The quantitative estimate of drug-likeness (QED) is 0.751. The van der Waals surface area contributed by atoms with Gasteiger partial charge in [0.15, 0.2) is 5.69 Å². The molecule has 3 rings (SSSR count). The number of halogens is 1. The van der Waals surface area contributed by atoms with Crippen LogP contribution in [0.1, 0.15) is 16.9 Å². The van der Waals surface area contributed by atoms with Crippen LogP contribution in [0.15, 0.2) is 6.20 Å². The Morgan fingerprint density at radius 2 is 2.42 bits per heavy atom. The summed E-state index contributed by atoms with van der Waals surface area (Å²) in [5.41, 5.74) is 12.6. The number of hydrogen-bond acceptors (Lipinski definition) is 4. The molecule has 6 nitrogen and oxygen atoms in total. The monoisotopic (exact) mass is 278 g/mol. The van der Waals surface area contributed by atoms with E-state index in [2.05, 4.69) is 16.0 Å². The van der Waals surface area contributed by atoms with Gasteiger partial charge in [-0.3, -0.25) is 4.79 Å². The Kier molecular flexibility index (Phi) is 2.83. The highest BCUT2D eigenvalue weighted by atomic mass is 35.5. The molecule has 7 heteroatoms. The van der Waals surface area contributed by atoms with Gasteiger partial charge in [-0.1, -0.05) is 11.6 Å². The van der Waals surface area contributed by atoms with E-state index >= 15 is 0 Å². The molecule has 2 aromatic rings. The van der Waals surface area contributed by atoms with Crippen LogP contribution in [0, 0.1) is 6.07 Å². The summed E-state index contributed by atoms with van der Waals surface area (Å²) in [4.78, 5) is 20.5. The highest BCUT2D eigenvalue weighted by molar-refractivity contribution is 6.37. The van der Waals surface area contributed by atoms with E-state index in [1.165, 1.54) is 0 Å². The van der Waals surface area contributed by atoms with Crippen molar-refractivity contribution in [3.63, 3.8) is 0 Å². The van der Waals surface area contributed by atoms with Gasteiger partial charge in [0.1, 0.15) is 5.65 Å². The molecule has 1 aliphatic rings. The number of carbonyl (C=O) groups excluding carboxylic acids is 1. The number of hydrogen-bond donors (Lipinski definition) is 3. The zero-order valence-electron chi connectivity index (χ0n) is 10.1. The van der Waals surface area contributed by atoms with Crippen molar-refractivity contribution in [1.82, 2.24) is 9.97 Å². The van der Waals surface area contributed by atoms with Crippen molar-refractivity contribution in [3.05, 3.63) is 23.0 Å². The van der Waals surface area contributed by atoms with Gasteiger partial charge in [-0.05, 0) is 6.42 Å². The predicted octanol–water partition coefficient (Wildman–Crippen LogP) is 0.653. The third kappa shape index (κ3) is 1.93. The highest BCUT2D eigenvalue weighted by Crippen LogP contribution is 2.36. The zero-order chi connectivity index (χ0) is 13.6. The lowest BCUT2D eigenvalue weighted by molar-refractivity contribution is 0.0996. The molecule has 1 atom stereocenters. The van der Waals surface area contributed by atoms with Gasteiger partial charge in [-0.15, -0.1) is 0 Å². The van der Waals surface area contributed by atoms with E-state index in [9.17, 15) is 4.79 Å². The van der Waals surface area contributed by atoms with Crippen molar-refractivity contribution in [2.75, 3.05) is 18.0 Å². The minimum Gasteiger partial charge on any atom is -0.368 e. The number of nitrogens with two attached hydrogens (primary N) is 2. The number of primary amides is 1. The summed E-state index contributed by atoms with van der Waals surface area (Å²) < 4.78 is 0. The second-order valence-electron chi connectivity index (χ2n) is 4.64. The number of aromatic nitrogens is 2. The molecule has 5 N–H and O–H groups in total. The van der Waals surface area contributed by atoms with E-state index in [4.69, 9.17) is 23.1 Å². The Labute approximate surface area is 114 Å². The minimum atomic E-state index is -0.647. The first-order valence-electron chi connectivity index (χ1n) is 5.96. The molecule has 1 radical (unpaired) electrons. The number of nitrogens with one attached hydrogen (secondary N) is 1. The normalized spacial score (nSPS) is 19.3. The summed E-state index contributed by atoms with van der Waals surface area (Å²) in [6.07, 6.45) is 2.52. The lowest BCUT2D eigenvalue weighted by Gasteiger charge is -2.21. The van der Waals surface area contributed by atoms with Crippen LogP contribution in [-0.2, 0) is 0 Å². The Hall–Kier alpha value is -1.79. The smallest absolute Gasteiger partial charge is 0.269 e. The van der Waals surface area contributed by atoms with Gasteiger partial charge in [0.05, 0.1) is 16.1 Å². The maximum atomic E-state index is 11.4. The summed E-state index contributed by atoms with van der Waals surface area (Å²) in [6.45, 7) is 1.48. The summed E-state index contributed by atoms with van der Waals surface area (Å²) >= 11 is 6.29. The van der Waals surface area contributed by atoms with E-state index in [-0.39, 0.29) is 16.8 Å². The summed E-state index contributed by atoms with van der Waals surface area (Å²) in [5, 5.41) is 1.02. The largest absolute Gasteiger partial charge is 0.368 e. The first-order valence-corrected chi connectivity index (χ1v) is 6.34. The van der Waals surface area contributed by atoms with Crippen molar-refractivity contribution in [2.24, 2.45) is 11.5 Å². The van der Waals surface area contributed by atoms with Gasteiger partial charge in [-0.2, -0.15) is 0 Å².